The molecule has 1 aliphatic carbocycles. The molecule has 0 unspecified atom stereocenters. The molecule has 0 N–H and O–H groups in total. The average molecular weight is 262 g/mol. The molecular weight excluding hydrogens is 240 g/mol. The van der Waals surface area contributed by atoms with Crippen molar-refractivity contribution in [1.82, 2.24) is 0 Å². The molecule has 0 bridgehead atoms. The fourth-order valence-electron chi connectivity index (χ4n) is 3.39. The molecule has 0 saturated carbocycles. The number of allylic oxidation sites excluding steroid dienone is 1. The number of hydrogen-bond acceptors (Lipinski definition) is 0. The molecule has 102 valence electrons. The molecule has 0 radical (unpaired) electrons. The Morgan fingerprint density at radius 2 is 1.70 bits per heavy atom. The van der Waals surface area contributed by atoms with Gasteiger partial charge in [-0.2, -0.15) is 0 Å². The summed E-state index contributed by atoms with van der Waals surface area (Å²) in [6, 6.07) is 13.2. The Bertz CT molecular complexity index is 673. The van der Waals surface area contributed by atoms with Gasteiger partial charge in [0.1, 0.15) is 0 Å². The highest BCUT2D eigenvalue weighted by Crippen LogP contribution is 2.39. The fraction of sp³-hybridized carbons (Fsp3) is 0.300. The van der Waals surface area contributed by atoms with Gasteiger partial charge in [0.15, 0.2) is 0 Å². The van der Waals surface area contributed by atoms with E-state index in [2.05, 4.69) is 70.2 Å². The van der Waals surface area contributed by atoms with Crippen molar-refractivity contribution in [2.24, 2.45) is 0 Å². The van der Waals surface area contributed by atoms with Crippen LogP contribution in [0.2, 0.25) is 0 Å². The smallest absolute Gasteiger partial charge is 0.00543 e. The van der Waals surface area contributed by atoms with Gasteiger partial charge in [0.05, 0.1) is 0 Å². The van der Waals surface area contributed by atoms with Gasteiger partial charge >= 0.3 is 0 Å². The molecule has 0 saturated heterocycles. The van der Waals surface area contributed by atoms with E-state index in [-0.39, 0.29) is 0 Å². The lowest BCUT2D eigenvalue weighted by Crippen LogP contribution is -2.00. The van der Waals surface area contributed by atoms with E-state index < -0.39 is 0 Å². The van der Waals surface area contributed by atoms with Crippen LogP contribution in [0, 0.1) is 6.92 Å². The van der Waals surface area contributed by atoms with E-state index >= 15 is 0 Å². The molecule has 0 spiro atoms. The van der Waals surface area contributed by atoms with Crippen LogP contribution < -0.4 is 0 Å². The Hall–Kier alpha value is -1.82. The minimum Gasteiger partial charge on any atom is -0.0683 e. The Kier molecular flexibility index (Phi) is 3.25. The van der Waals surface area contributed by atoms with Crippen LogP contribution >= 0.6 is 0 Å². The van der Waals surface area contributed by atoms with Crippen molar-refractivity contribution < 1.29 is 0 Å². The van der Waals surface area contributed by atoms with Crippen LogP contribution in [0.3, 0.4) is 0 Å². The van der Waals surface area contributed by atoms with Crippen molar-refractivity contribution in [2.75, 3.05) is 0 Å². The first kappa shape index (κ1) is 13.2. The molecule has 0 nitrogen and oxygen atoms in total. The predicted octanol–water partition coefficient (Wildman–Crippen LogP) is 5.74. The number of hydrogen-bond donors (Lipinski definition) is 0. The highest BCUT2D eigenvalue weighted by Gasteiger charge is 2.20. The van der Waals surface area contributed by atoms with Gasteiger partial charge in [0, 0.05) is 0 Å². The molecular formula is C20H22. The minimum absolute atomic E-state index is 0.567. The van der Waals surface area contributed by atoms with Crippen molar-refractivity contribution >= 4 is 6.08 Å². The quantitative estimate of drug-likeness (QED) is 0.647. The molecule has 0 fully saturated rings. The normalized spacial score (nSPS) is 13.6. The van der Waals surface area contributed by atoms with E-state index in [1.165, 1.54) is 39.0 Å². The summed E-state index contributed by atoms with van der Waals surface area (Å²) in [6.45, 7) is 9.09. The molecule has 2 aromatic carbocycles. The predicted molar refractivity (Wildman–Crippen MR) is 88.1 cm³/mol. The second kappa shape index (κ2) is 4.94. The fourth-order valence-corrected chi connectivity index (χ4v) is 3.39. The Morgan fingerprint density at radius 1 is 1.00 bits per heavy atom. The van der Waals surface area contributed by atoms with Crippen LogP contribution in [0.5, 0.6) is 0 Å². The van der Waals surface area contributed by atoms with Gasteiger partial charge in [-0.1, -0.05) is 61.9 Å². The summed E-state index contributed by atoms with van der Waals surface area (Å²) in [5.41, 5.74) is 10.2. The van der Waals surface area contributed by atoms with E-state index in [1.807, 2.05) is 0 Å². The summed E-state index contributed by atoms with van der Waals surface area (Å²) < 4.78 is 0. The van der Waals surface area contributed by atoms with Crippen molar-refractivity contribution in [3.63, 3.8) is 0 Å². The van der Waals surface area contributed by atoms with Crippen molar-refractivity contribution in [2.45, 2.75) is 40.0 Å². The SMILES string of the molecule is CC1=Cc2cc(C(C)C)c(C)c(-c3ccccc3)c2C1. The lowest BCUT2D eigenvalue weighted by atomic mass is 9.85. The van der Waals surface area contributed by atoms with Crippen molar-refractivity contribution in [1.29, 1.82) is 0 Å². The maximum Gasteiger partial charge on any atom is -0.00543 e. The van der Waals surface area contributed by atoms with Crippen LogP contribution in [-0.4, -0.2) is 0 Å². The van der Waals surface area contributed by atoms with Gasteiger partial charge in [-0.05, 0) is 59.6 Å². The summed E-state index contributed by atoms with van der Waals surface area (Å²) >= 11 is 0. The lowest BCUT2D eigenvalue weighted by Gasteiger charge is -2.19. The van der Waals surface area contributed by atoms with Gasteiger partial charge in [-0.15, -0.1) is 0 Å². The molecule has 2 aromatic rings. The zero-order valence-electron chi connectivity index (χ0n) is 12.8. The molecule has 0 amide bonds. The zero-order valence-corrected chi connectivity index (χ0v) is 12.8. The maximum atomic E-state index is 2.40. The summed E-state index contributed by atoms with van der Waals surface area (Å²) in [4.78, 5) is 0. The monoisotopic (exact) mass is 262 g/mol. The topological polar surface area (TPSA) is 0 Å². The van der Waals surface area contributed by atoms with Gasteiger partial charge < -0.3 is 0 Å². The molecule has 20 heavy (non-hydrogen) atoms. The van der Waals surface area contributed by atoms with E-state index in [9.17, 15) is 0 Å². The summed E-state index contributed by atoms with van der Waals surface area (Å²) in [7, 11) is 0. The largest absolute Gasteiger partial charge is 0.0683 e. The van der Waals surface area contributed by atoms with Crippen molar-refractivity contribution in [3.8, 4) is 11.1 Å². The first-order valence-corrected chi connectivity index (χ1v) is 7.47. The standard InChI is InChI=1S/C20H22/c1-13(2)18-12-17-10-14(3)11-19(17)20(15(18)4)16-8-6-5-7-9-16/h5-10,12-13H,11H2,1-4H3. The van der Waals surface area contributed by atoms with E-state index in [0.717, 1.165) is 6.42 Å². The minimum atomic E-state index is 0.567. The third-order valence-corrected chi connectivity index (χ3v) is 4.31. The molecule has 0 aliphatic heterocycles. The highest BCUT2D eigenvalue weighted by molar-refractivity contribution is 5.80. The zero-order chi connectivity index (χ0) is 14.3. The Balaban J connectivity index is 2.30. The molecule has 3 rings (SSSR count). The molecule has 0 heteroatoms. The average Bonchev–Trinajstić information content (AvgIpc) is 2.78. The van der Waals surface area contributed by atoms with Gasteiger partial charge in [0.25, 0.3) is 0 Å². The van der Waals surface area contributed by atoms with Crippen LogP contribution in [0.25, 0.3) is 17.2 Å². The number of benzene rings is 2. The summed E-state index contributed by atoms with van der Waals surface area (Å²) in [5, 5.41) is 0. The van der Waals surface area contributed by atoms with Gasteiger partial charge in [-0.3, -0.25) is 0 Å². The highest BCUT2D eigenvalue weighted by atomic mass is 14.2. The van der Waals surface area contributed by atoms with Crippen molar-refractivity contribution in [3.05, 3.63) is 64.2 Å². The first-order chi connectivity index (χ1) is 9.58. The van der Waals surface area contributed by atoms with E-state index in [4.69, 9.17) is 0 Å². The number of fused-ring (bicyclic) bond motifs is 1. The third kappa shape index (κ3) is 2.10. The number of rotatable bonds is 2. The van der Waals surface area contributed by atoms with Gasteiger partial charge in [0.2, 0.25) is 0 Å². The first-order valence-electron chi connectivity index (χ1n) is 7.47. The molecule has 1 aliphatic rings. The maximum absolute atomic E-state index is 2.40. The lowest BCUT2D eigenvalue weighted by molar-refractivity contribution is 0.855. The van der Waals surface area contributed by atoms with Crippen LogP contribution in [0.1, 0.15) is 48.9 Å². The summed E-state index contributed by atoms with van der Waals surface area (Å²) in [6.07, 6.45) is 3.45. The second-order valence-corrected chi connectivity index (χ2v) is 6.22. The Labute approximate surface area is 122 Å². The third-order valence-electron chi connectivity index (χ3n) is 4.31. The Morgan fingerprint density at radius 3 is 2.35 bits per heavy atom. The molecule has 0 atom stereocenters. The van der Waals surface area contributed by atoms with Crippen LogP contribution in [0.15, 0.2) is 42.0 Å². The van der Waals surface area contributed by atoms with Crippen LogP contribution in [-0.2, 0) is 6.42 Å². The van der Waals surface area contributed by atoms with E-state index in [0.29, 0.717) is 5.92 Å². The molecule has 0 heterocycles. The molecule has 0 aromatic heterocycles. The second-order valence-electron chi connectivity index (χ2n) is 6.22. The summed E-state index contributed by atoms with van der Waals surface area (Å²) in [5.74, 6) is 0.567. The van der Waals surface area contributed by atoms with Crippen LogP contribution in [0.4, 0.5) is 0 Å². The van der Waals surface area contributed by atoms with E-state index in [1.54, 1.807) is 0 Å². The van der Waals surface area contributed by atoms with Gasteiger partial charge in [-0.25, -0.2) is 0 Å².